The van der Waals surface area contributed by atoms with E-state index < -0.39 is 9.84 Å². The lowest BCUT2D eigenvalue weighted by atomic mass is 10.2. The average molecular weight is 291 g/mol. The normalized spacial score (nSPS) is 22.1. The van der Waals surface area contributed by atoms with Crippen molar-refractivity contribution >= 4 is 26.7 Å². The molecule has 1 aromatic heterocycles. The van der Waals surface area contributed by atoms with Gasteiger partial charge in [-0.25, -0.2) is 18.4 Å². The van der Waals surface area contributed by atoms with Gasteiger partial charge in [0.15, 0.2) is 15.7 Å². The highest BCUT2D eigenvalue weighted by molar-refractivity contribution is 7.92. The Hall–Kier alpha value is -1.69. The van der Waals surface area contributed by atoms with Crippen molar-refractivity contribution in [1.29, 1.82) is 0 Å². The largest absolute Gasteiger partial charge is 0.353 e. The molecule has 1 aliphatic heterocycles. The van der Waals surface area contributed by atoms with E-state index >= 15 is 0 Å². The van der Waals surface area contributed by atoms with Crippen molar-refractivity contribution in [2.24, 2.45) is 0 Å². The second-order valence-electron chi connectivity index (χ2n) is 5.24. The molecule has 1 unspecified atom stereocenters. The topological polar surface area (TPSA) is 63.2 Å². The first-order valence-electron chi connectivity index (χ1n) is 6.67. The van der Waals surface area contributed by atoms with E-state index in [1.165, 1.54) is 0 Å². The first-order chi connectivity index (χ1) is 9.47. The molecule has 0 radical (unpaired) electrons. The van der Waals surface area contributed by atoms with E-state index in [1.807, 2.05) is 36.1 Å². The summed E-state index contributed by atoms with van der Waals surface area (Å²) in [5.41, 5.74) is 2.55. The highest BCUT2D eigenvalue weighted by Crippen LogP contribution is 2.23. The summed E-state index contributed by atoms with van der Waals surface area (Å²) in [7, 11) is -2.95. The van der Waals surface area contributed by atoms with Crippen LogP contribution in [0.25, 0.3) is 11.0 Å². The predicted molar refractivity (Wildman–Crippen MR) is 79.7 cm³/mol. The Kier molecular flexibility index (Phi) is 3.12. The van der Waals surface area contributed by atoms with Crippen LogP contribution in [-0.2, 0) is 9.84 Å². The van der Waals surface area contributed by atoms with Crippen LogP contribution in [0.2, 0.25) is 0 Å². The van der Waals surface area contributed by atoms with Crippen LogP contribution < -0.4 is 4.90 Å². The minimum Gasteiger partial charge on any atom is -0.353 e. The fourth-order valence-electron chi connectivity index (χ4n) is 2.52. The number of rotatable bonds is 1. The molecule has 5 nitrogen and oxygen atoms in total. The molecule has 2 heterocycles. The molecule has 1 atom stereocenters. The SMILES string of the molecule is Cc1nc2ccccc2nc1N1CCS(=O)(=O)C(C)C1. The van der Waals surface area contributed by atoms with Gasteiger partial charge in [0.1, 0.15) is 0 Å². The van der Waals surface area contributed by atoms with Crippen molar-refractivity contribution in [3.63, 3.8) is 0 Å². The number of hydrogen-bond donors (Lipinski definition) is 0. The predicted octanol–water partition coefficient (Wildman–Crippen LogP) is 1.56. The van der Waals surface area contributed by atoms with Crippen LogP contribution in [0.3, 0.4) is 0 Å². The molecule has 0 bridgehead atoms. The monoisotopic (exact) mass is 291 g/mol. The molecule has 20 heavy (non-hydrogen) atoms. The molecule has 6 heteroatoms. The first-order valence-corrected chi connectivity index (χ1v) is 8.39. The smallest absolute Gasteiger partial charge is 0.156 e. The highest BCUT2D eigenvalue weighted by atomic mass is 32.2. The van der Waals surface area contributed by atoms with Crippen molar-refractivity contribution < 1.29 is 8.42 Å². The van der Waals surface area contributed by atoms with Gasteiger partial charge in [-0.05, 0) is 26.0 Å². The quantitative estimate of drug-likeness (QED) is 0.798. The molecule has 0 amide bonds. The maximum Gasteiger partial charge on any atom is 0.156 e. The Bertz CT molecular complexity index is 758. The molecule has 0 spiro atoms. The number of aryl methyl sites for hydroxylation is 1. The van der Waals surface area contributed by atoms with Gasteiger partial charge >= 0.3 is 0 Å². The third-order valence-electron chi connectivity index (χ3n) is 3.76. The van der Waals surface area contributed by atoms with Crippen LogP contribution in [-0.4, -0.2) is 42.5 Å². The minimum absolute atomic E-state index is 0.183. The van der Waals surface area contributed by atoms with Gasteiger partial charge in [0.25, 0.3) is 0 Å². The van der Waals surface area contributed by atoms with E-state index in [0.29, 0.717) is 13.1 Å². The maximum absolute atomic E-state index is 11.8. The van der Waals surface area contributed by atoms with Gasteiger partial charge in [0.2, 0.25) is 0 Å². The highest BCUT2D eigenvalue weighted by Gasteiger charge is 2.30. The number of hydrogen-bond acceptors (Lipinski definition) is 5. The van der Waals surface area contributed by atoms with Gasteiger partial charge in [-0.1, -0.05) is 12.1 Å². The lowest BCUT2D eigenvalue weighted by Crippen LogP contribution is -2.46. The zero-order valence-corrected chi connectivity index (χ0v) is 12.4. The van der Waals surface area contributed by atoms with Crippen LogP contribution in [0, 0.1) is 6.92 Å². The number of aromatic nitrogens is 2. The molecule has 1 aliphatic rings. The fourth-order valence-corrected chi connectivity index (χ4v) is 3.81. The van der Waals surface area contributed by atoms with E-state index in [1.54, 1.807) is 6.92 Å². The Labute approximate surface area is 118 Å². The molecule has 3 rings (SSSR count). The summed E-state index contributed by atoms with van der Waals surface area (Å²) in [6.07, 6.45) is 0. The lowest BCUT2D eigenvalue weighted by molar-refractivity contribution is 0.568. The van der Waals surface area contributed by atoms with Crippen molar-refractivity contribution in [3.8, 4) is 0 Å². The van der Waals surface area contributed by atoms with Gasteiger partial charge in [0, 0.05) is 13.1 Å². The Balaban J connectivity index is 2.00. The summed E-state index contributed by atoms with van der Waals surface area (Å²) < 4.78 is 23.6. The standard InChI is InChI=1S/C14H17N3O2S/c1-10-9-17(7-8-20(10,18)19)14-11(2)15-12-5-3-4-6-13(12)16-14/h3-6,10H,7-9H2,1-2H3. The van der Waals surface area contributed by atoms with E-state index in [9.17, 15) is 8.42 Å². The molecule has 0 N–H and O–H groups in total. The number of nitrogens with zero attached hydrogens (tertiary/aromatic N) is 3. The van der Waals surface area contributed by atoms with E-state index in [4.69, 9.17) is 0 Å². The molecule has 2 aromatic rings. The molecular weight excluding hydrogens is 274 g/mol. The molecular formula is C14H17N3O2S. The van der Waals surface area contributed by atoms with Crippen LogP contribution >= 0.6 is 0 Å². The van der Waals surface area contributed by atoms with Crippen molar-refractivity contribution in [1.82, 2.24) is 9.97 Å². The van der Waals surface area contributed by atoms with Gasteiger partial charge in [-0.15, -0.1) is 0 Å². The van der Waals surface area contributed by atoms with Crippen molar-refractivity contribution in [2.75, 3.05) is 23.7 Å². The number of para-hydroxylation sites is 2. The van der Waals surface area contributed by atoms with Crippen LogP contribution in [0.4, 0.5) is 5.82 Å². The summed E-state index contributed by atoms with van der Waals surface area (Å²) in [5, 5.41) is -0.357. The number of sulfone groups is 1. The Morgan fingerprint density at radius 3 is 2.50 bits per heavy atom. The van der Waals surface area contributed by atoms with Gasteiger partial charge in [-0.2, -0.15) is 0 Å². The summed E-state index contributed by atoms with van der Waals surface area (Å²) in [6.45, 7) is 4.64. The fraction of sp³-hybridized carbons (Fsp3) is 0.429. The molecule has 0 saturated carbocycles. The first kappa shape index (κ1) is 13.3. The van der Waals surface area contributed by atoms with E-state index in [-0.39, 0.29) is 11.0 Å². The van der Waals surface area contributed by atoms with E-state index in [2.05, 4.69) is 9.97 Å². The van der Waals surface area contributed by atoms with Crippen LogP contribution in [0.1, 0.15) is 12.6 Å². The second-order valence-corrected chi connectivity index (χ2v) is 7.78. The van der Waals surface area contributed by atoms with E-state index in [0.717, 1.165) is 22.5 Å². The second kappa shape index (κ2) is 4.70. The number of benzene rings is 1. The molecule has 1 saturated heterocycles. The molecule has 106 valence electrons. The summed E-state index contributed by atoms with van der Waals surface area (Å²) in [4.78, 5) is 11.2. The number of fused-ring (bicyclic) bond motifs is 1. The van der Waals surface area contributed by atoms with Crippen molar-refractivity contribution in [2.45, 2.75) is 19.1 Å². The Morgan fingerprint density at radius 2 is 1.85 bits per heavy atom. The summed E-state index contributed by atoms with van der Waals surface area (Å²) in [6, 6.07) is 7.73. The van der Waals surface area contributed by atoms with Crippen LogP contribution in [0.15, 0.2) is 24.3 Å². The molecule has 0 aliphatic carbocycles. The summed E-state index contributed by atoms with van der Waals surface area (Å²) >= 11 is 0. The Morgan fingerprint density at radius 1 is 1.20 bits per heavy atom. The van der Waals surface area contributed by atoms with Gasteiger partial charge in [-0.3, -0.25) is 0 Å². The third-order valence-corrected chi connectivity index (χ3v) is 5.88. The molecule has 1 fully saturated rings. The number of anilines is 1. The zero-order valence-electron chi connectivity index (χ0n) is 11.6. The average Bonchev–Trinajstić information content (AvgIpc) is 2.41. The van der Waals surface area contributed by atoms with Gasteiger partial charge < -0.3 is 4.90 Å². The van der Waals surface area contributed by atoms with Gasteiger partial charge in [0.05, 0.1) is 27.7 Å². The van der Waals surface area contributed by atoms with Crippen LogP contribution in [0.5, 0.6) is 0 Å². The minimum atomic E-state index is -2.95. The molecule has 1 aromatic carbocycles. The lowest BCUT2D eigenvalue weighted by Gasteiger charge is -2.32. The summed E-state index contributed by atoms with van der Waals surface area (Å²) in [5.74, 6) is 0.979. The van der Waals surface area contributed by atoms with Crippen molar-refractivity contribution in [3.05, 3.63) is 30.0 Å². The zero-order chi connectivity index (χ0) is 14.3. The maximum atomic E-state index is 11.8. The third kappa shape index (κ3) is 2.24.